The maximum Gasteiger partial charge on any atom is 0.335 e. The first-order valence-corrected chi connectivity index (χ1v) is 9.12. The minimum Gasteiger partial charge on any atom is -0.478 e. The van der Waals surface area contributed by atoms with Crippen molar-refractivity contribution in [2.24, 2.45) is 5.92 Å². The third-order valence-corrected chi connectivity index (χ3v) is 5.67. The SMILES string of the molecule is O=C(O)c1ccccc1CC1CCN(C(=O)c2ccc([N+](=O)[O-])s2)CC1. The van der Waals surface area contributed by atoms with Gasteiger partial charge >= 0.3 is 11.0 Å². The number of carbonyl (C=O) groups is 2. The largest absolute Gasteiger partial charge is 0.478 e. The number of nitrogens with zero attached hydrogens (tertiary/aromatic N) is 2. The highest BCUT2D eigenvalue weighted by Gasteiger charge is 2.26. The van der Waals surface area contributed by atoms with E-state index < -0.39 is 10.9 Å². The highest BCUT2D eigenvalue weighted by molar-refractivity contribution is 7.17. The number of carbonyl (C=O) groups excluding carboxylic acids is 1. The van der Waals surface area contributed by atoms with Crippen LogP contribution in [0.3, 0.4) is 0 Å². The van der Waals surface area contributed by atoms with E-state index in [-0.39, 0.29) is 10.9 Å². The molecule has 1 fully saturated rings. The van der Waals surface area contributed by atoms with Gasteiger partial charge in [-0.1, -0.05) is 29.5 Å². The molecule has 2 aromatic rings. The molecule has 0 saturated carbocycles. The molecular weight excluding hydrogens is 356 g/mol. The Hall–Kier alpha value is -2.74. The molecule has 1 aliphatic rings. The Morgan fingerprint density at radius 1 is 1.19 bits per heavy atom. The summed E-state index contributed by atoms with van der Waals surface area (Å²) in [6.45, 7) is 1.15. The number of aromatic carboxylic acids is 1. The molecule has 1 saturated heterocycles. The van der Waals surface area contributed by atoms with E-state index in [1.807, 2.05) is 12.1 Å². The molecular formula is C18H18N2O5S. The normalized spacial score (nSPS) is 15.0. The quantitative estimate of drug-likeness (QED) is 0.638. The van der Waals surface area contributed by atoms with Crippen LogP contribution in [0.4, 0.5) is 5.00 Å². The Kier molecular flexibility index (Phi) is 5.32. The number of thiophene rings is 1. The zero-order valence-corrected chi connectivity index (χ0v) is 14.8. The van der Waals surface area contributed by atoms with Crippen LogP contribution in [-0.4, -0.2) is 39.9 Å². The second-order valence-corrected chi connectivity index (χ2v) is 7.36. The molecule has 1 N–H and O–H groups in total. The number of hydrogen-bond acceptors (Lipinski definition) is 5. The van der Waals surface area contributed by atoms with Crippen LogP contribution in [0.1, 0.15) is 38.4 Å². The van der Waals surface area contributed by atoms with Crippen LogP contribution in [0.2, 0.25) is 0 Å². The van der Waals surface area contributed by atoms with Gasteiger partial charge in [-0.05, 0) is 42.9 Å². The van der Waals surface area contributed by atoms with Crippen LogP contribution in [-0.2, 0) is 6.42 Å². The molecule has 0 bridgehead atoms. The van der Waals surface area contributed by atoms with Crippen LogP contribution in [0.15, 0.2) is 36.4 Å². The molecule has 3 rings (SSSR count). The molecule has 8 heteroatoms. The summed E-state index contributed by atoms with van der Waals surface area (Å²) < 4.78 is 0. The van der Waals surface area contributed by atoms with Gasteiger partial charge in [0.1, 0.15) is 0 Å². The van der Waals surface area contributed by atoms with Gasteiger partial charge in [0.2, 0.25) is 0 Å². The minimum atomic E-state index is -0.924. The third kappa shape index (κ3) is 3.91. The summed E-state index contributed by atoms with van der Waals surface area (Å²) >= 11 is 0.896. The maximum absolute atomic E-state index is 12.5. The Labute approximate surface area is 154 Å². The molecule has 0 atom stereocenters. The van der Waals surface area contributed by atoms with Crippen LogP contribution in [0.25, 0.3) is 0 Å². The summed E-state index contributed by atoms with van der Waals surface area (Å²) in [5.74, 6) is -0.780. The molecule has 1 amide bonds. The monoisotopic (exact) mass is 374 g/mol. The topological polar surface area (TPSA) is 101 Å². The second-order valence-electron chi connectivity index (χ2n) is 6.30. The lowest BCUT2D eigenvalue weighted by molar-refractivity contribution is -0.380. The van der Waals surface area contributed by atoms with Gasteiger partial charge in [-0.3, -0.25) is 14.9 Å². The molecule has 136 valence electrons. The first kappa shape index (κ1) is 18.1. The molecule has 2 heterocycles. The summed E-state index contributed by atoms with van der Waals surface area (Å²) in [6, 6.07) is 9.86. The first-order chi connectivity index (χ1) is 12.5. The number of rotatable bonds is 5. The van der Waals surface area contributed by atoms with Crippen molar-refractivity contribution >= 4 is 28.2 Å². The Morgan fingerprint density at radius 2 is 1.88 bits per heavy atom. The van der Waals surface area contributed by atoms with E-state index in [1.165, 1.54) is 12.1 Å². The number of carboxylic acids is 1. The number of amides is 1. The number of piperidine rings is 1. The standard InChI is InChI=1S/C18H18N2O5S/c21-17(15-5-6-16(26-15)20(24)25)19-9-7-12(8-10-19)11-13-3-1-2-4-14(13)18(22)23/h1-6,12H,7-11H2,(H,22,23). The second kappa shape index (κ2) is 7.65. The highest BCUT2D eigenvalue weighted by Crippen LogP contribution is 2.28. The van der Waals surface area contributed by atoms with Crippen molar-refractivity contribution in [2.75, 3.05) is 13.1 Å². The van der Waals surface area contributed by atoms with Crippen molar-refractivity contribution in [3.63, 3.8) is 0 Å². The zero-order chi connectivity index (χ0) is 18.7. The summed E-state index contributed by atoms with van der Waals surface area (Å²) in [6.07, 6.45) is 2.25. The van der Waals surface area contributed by atoms with Gasteiger partial charge in [0.15, 0.2) is 0 Å². The van der Waals surface area contributed by atoms with Gasteiger partial charge in [0.05, 0.1) is 15.4 Å². The van der Waals surface area contributed by atoms with E-state index in [2.05, 4.69) is 0 Å². The van der Waals surface area contributed by atoms with Crippen molar-refractivity contribution in [3.05, 3.63) is 62.5 Å². The van der Waals surface area contributed by atoms with Gasteiger partial charge in [-0.25, -0.2) is 4.79 Å². The molecule has 0 aliphatic carbocycles. The average molecular weight is 374 g/mol. The Bertz CT molecular complexity index is 840. The molecule has 1 aromatic carbocycles. The smallest absolute Gasteiger partial charge is 0.335 e. The van der Waals surface area contributed by atoms with Crippen LogP contribution in [0, 0.1) is 16.0 Å². The molecule has 0 spiro atoms. The van der Waals surface area contributed by atoms with E-state index in [1.54, 1.807) is 17.0 Å². The fourth-order valence-corrected chi connectivity index (χ4v) is 4.04. The number of benzene rings is 1. The summed E-state index contributed by atoms with van der Waals surface area (Å²) in [7, 11) is 0. The van der Waals surface area contributed by atoms with Gasteiger partial charge in [-0.15, -0.1) is 0 Å². The third-order valence-electron chi connectivity index (χ3n) is 4.64. The van der Waals surface area contributed by atoms with Crippen molar-refractivity contribution in [2.45, 2.75) is 19.3 Å². The molecule has 0 radical (unpaired) electrons. The van der Waals surface area contributed by atoms with Crippen molar-refractivity contribution in [3.8, 4) is 0 Å². The van der Waals surface area contributed by atoms with Gasteiger partial charge in [0.25, 0.3) is 5.91 Å². The van der Waals surface area contributed by atoms with E-state index in [0.717, 1.165) is 29.7 Å². The zero-order valence-electron chi connectivity index (χ0n) is 14.0. The fourth-order valence-electron chi connectivity index (χ4n) is 3.25. The first-order valence-electron chi connectivity index (χ1n) is 8.30. The lowest BCUT2D eigenvalue weighted by Crippen LogP contribution is -2.38. The van der Waals surface area contributed by atoms with Crippen molar-refractivity contribution in [1.29, 1.82) is 0 Å². The lowest BCUT2D eigenvalue weighted by atomic mass is 9.88. The van der Waals surface area contributed by atoms with Crippen LogP contribution >= 0.6 is 11.3 Å². The van der Waals surface area contributed by atoms with Crippen LogP contribution < -0.4 is 0 Å². The van der Waals surface area contributed by atoms with E-state index in [4.69, 9.17) is 0 Å². The Balaban J connectivity index is 1.60. The van der Waals surface area contributed by atoms with Gasteiger partial charge in [0, 0.05) is 19.2 Å². The lowest BCUT2D eigenvalue weighted by Gasteiger charge is -2.32. The molecule has 7 nitrogen and oxygen atoms in total. The van der Waals surface area contributed by atoms with Crippen molar-refractivity contribution in [1.82, 2.24) is 4.90 Å². The van der Waals surface area contributed by atoms with E-state index >= 15 is 0 Å². The average Bonchev–Trinajstić information content (AvgIpc) is 3.12. The number of carboxylic acid groups (broad SMARTS) is 1. The van der Waals surface area contributed by atoms with Gasteiger partial charge < -0.3 is 10.0 Å². The van der Waals surface area contributed by atoms with Crippen LogP contribution in [0.5, 0.6) is 0 Å². The summed E-state index contributed by atoms with van der Waals surface area (Å²) in [5.41, 5.74) is 1.15. The van der Waals surface area contributed by atoms with Crippen molar-refractivity contribution < 1.29 is 19.6 Å². The maximum atomic E-state index is 12.5. The number of hydrogen-bond donors (Lipinski definition) is 1. The fraction of sp³-hybridized carbons (Fsp3) is 0.333. The van der Waals surface area contributed by atoms with E-state index in [0.29, 0.717) is 35.9 Å². The molecule has 26 heavy (non-hydrogen) atoms. The number of nitro groups is 1. The minimum absolute atomic E-state index is 0.0338. The highest BCUT2D eigenvalue weighted by atomic mass is 32.1. The molecule has 0 unspecified atom stereocenters. The molecule has 1 aliphatic heterocycles. The predicted octanol–water partition coefficient (Wildman–Crippen LogP) is 3.45. The summed E-state index contributed by atoms with van der Waals surface area (Å²) in [5, 5.41) is 20.0. The van der Waals surface area contributed by atoms with E-state index in [9.17, 15) is 24.8 Å². The Morgan fingerprint density at radius 3 is 2.50 bits per heavy atom. The van der Waals surface area contributed by atoms with Gasteiger partial charge in [-0.2, -0.15) is 0 Å². The summed E-state index contributed by atoms with van der Waals surface area (Å²) in [4.78, 5) is 36.2. The number of likely N-dealkylation sites (tertiary alicyclic amines) is 1. The predicted molar refractivity (Wildman–Crippen MR) is 96.7 cm³/mol. The molecule has 1 aromatic heterocycles.